The highest BCUT2D eigenvalue weighted by Gasteiger charge is 2.16. The van der Waals surface area contributed by atoms with Gasteiger partial charge in [-0.05, 0) is 18.9 Å². The predicted octanol–water partition coefficient (Wildman–Crippen LogP) is 2.40. The predicted molar refractivity (Wildman–Crippen MR) is 96.3 cm³/mol. The standard InChI is InChI=1S/C18H26F2N4O2/c1-21-18(22-11-10-16(25)24-14-7-3-4-8-14)23-12-13-6-2-5-9-15(13)26-17(19)20/h2,5-6,9,14,17H,3-4,7-8,10-12H2,1H3,(H,24,25)(H2,21,22,23). The number of ether oxygens (including phenoxy) is 1. The number of carbonyl (C=O) groups excluding carboxylic acids is 1. The highest BCUT2D eigenvalue weighted by molar-refractivity contribution is 5.81. The van der Waals surface area contributed by atoms with Crippen LogP contribution in [0, 0.1) is 0 Å². The first-order chi connectivity index (χ1) is 12.6. The van der Waals surface area contributed by atoms with E-state index in [0.29, 0.717) is 30.5 Å². The fraction of sp³-hybridized carbons (Fsp3) is 0.556. The van der Waals surface area contributed by atoms with E-state index in [1.54, 1.807) is 25.2 Å². The zero-order valence-corrected chi connectivity index (χ0v) is 14.9. The van der Waals surface area contributed by atoms with Crippen molar-refractivity contribution in [2.24, 2.45) is 4.99 Å². The SMILES string of the molecule is CN=C(NCCC(=O)NC1CCCC1)NCc1ccccc1OC(F)F. The molecule has 0 aliphatic heterocycles. The van der Waals surface area contributed by atoms with E-state index in [0.717, 1.165) is 12.8 Å². The molecule has 2 rings (SSSR count). The van der Waals surface area contributed by atoms with Crippen molar-refractivity contribution in [1.82, 2.24) is 16.0 Å². The molecule has 26 heavy (non-hydrogen) atoms. The van der Waals surface area contributed by atoms with E-state index in [9.17, 15) is 13.6 Å². The van der Waals surface area contributed by atoms with Crippen molar-refractivity contribution in [2.75, 3.05) is 13.6 Å². The summed E-state index contributed by atoms with van der Waals surface area (Å²) in [5, 5.41) is 9.10. The lowest BCUT2D eigenvalue weighted by molar-refractivity contribution is -0.121. The van der Waals surface area contributed by atoms with Crippen LogP contribution in [0.25, 0.3) is 0 Å². The molecule has 0 radical (unpaired) electrons. The van der Waals surface area contributed by atoms with Gasteiger partial charge in [0, 0.05) is 38.2 Å². The van der Waals surface area contributed by atoms with E-state index in [4.69, 9.17) is 0 Å². The van der Waals surface area contributed by atoms with Crippen LogP contribution in [0.2, 0.25) is 0 Å². The first-order valence-electron chi connectivity index (χ1n) is 8.85. The van der Waals surface area contributed by atoms with Crippen molar-refractivity contribution in [2.45, 2.75) is 51.3 Å². The van der Waals surface area contributed by atoms with Crippen LogP contribution < -0.4 is 20.7 Å². The Bertz CT molecular complexity index is 605. The second-order valence-corrected chi connectivity index (χ2v) is 6.14. The molecule has 144 valence electrons. The van der Waals surface area contributed by atoms with E-state index in [1.807, 2.05) is 0 Å². The number of nitrogens with one attached hydrogen (secondary N) is 3. The van der Waals surface area contributed by atoms with Gasteiger partial charge in [0.1, 0.15) is 5.75 Å². The van der Waals surface area contributed by atoms with Crippen molar-refractivity contribution in [3.05, 3.63) is 29.8 Å². The largest absolute Gasteiger partial charge is 0.434 e. The number of para-hydroxylation sites is 1. The van der Waals surface area contributed by atoms with Crippen molar-refractivity contribution in [1.29, 1.82) is 0 Å². The molecule has 0 bridgehead atoms. The number of amides is 1. The zero-order valence-electron chi connectivity index (χ0n) is 14.9. The molecule has 0 unspecified atom stereocenters. The molecule has 1 aliphatic rings. The molecule has 3 N–H and O–H groups in total. The summed E-state index contributed by atoms with van der Waals surface area (Å²) in [6.07, 6.45) is 4.82. The zero-order chi connectivity index (χ0) is 18.8. The van der Waals surface area contributed by atoms with Crippen LogP contribution in [0.4, 0.5) is 8.78 Å². The monoisotopic (exact) mass is 368 g/mol. The van der Waals surface area contributed by atoms with Gasteiger partial charge in [0.15, 0.2) is 5.96 Å². The maximum absolute atomic E-state index is 12.4. The lowest BCUT2D eigenvalue weighted by Crippen LogP contribution is -2.40. The second kappa shape index (κ2) is 10.6. The number of aliphatic imine (C=N–C) groups is 1. The fourth-order valence-electron chi connectivity index (χ4n) is 2.92. The number of carbonyl (C=O) groups is 1. The summed E-state index contributed by atoms with van der Waals surface area (Å²) in [5.74, 6) is 0.641. The summed E-state index contributed by atoms with van der Waals surface area (Å²) >= 11 is 0. The van der Waals surface area contributed by atoms with Gasteiger partial charge in [0.2, 0.25) is 5.91 Å². The first kappa shape index (κ1) is 19.9. The molecule has 1 aliphatic carbocycles. The molecule has 0 aromatic heterocycles. The maximum Gasteiger partial charge on any atom is 0.387 e. The third kappa shape index (κ3) is 6.85. The smallest absolute Gasteiger partial charge is 0.387 e. The summed E-state index contributed by atoms with van der Waals surface area (Å²) in [5.41, 5.74) is 0.592. The minimum absolute atomic E-state index is 0.0236. The van der Waals surface area contributed by atoms with Crippen LogP contribution in [0.15, 0.2) is 29.3 Å². The molecule has 8 heteroatoms. The van der Waals surface area contributed by atoms with E-state index < -0.39 is 6.61 Å². The average molecular weight is 368 g/mol. The Labute approximate surface area is 152 Å². The number of hydrogen-bond donors (Lipinski definition) is 3. The molecule has 1 aromatic carbocycles. The van der Waals surface area contributed by atoms with E-state index in [1.165, 1.54) is 18.9 Å². The van der Waals surface area contributed by atoms with Crippen molar-refractivity contribution >= 4 is 11.9 Å². The van der Waals surface area contributed by atoms with Crippen LogP contribution in [-0.2, 0) is 11.3 Å². The Balaban J connectivity index is 1.73. The summed E-state index contributed by atoms with van der Waals surface area (Å²) in [7, 11) is 1.61. The van der Waals surface area contributed by atoms with Gasteiger partial charge in [0.05, 0.1) is 0 Å². The summed E-state index contributed by atoms with van der Waals surface area (Å²) < 4.78 is 29.4. The van der Waals surface area contributed by atoms with Crippen LogP contribution in [0.5, 0.6) is 5.75 Å². The molecule has 1 amide bonds. The van der Waals surface area contributed by atoms with Crippen molar-refractivity contribution in [3.63, 3.8) is 0 Å². The lowest BCUT2D eigenvalue weighted by Gasteiger charge is -2.15. The quantitative estimate of drug-likeness (QED) is 0.487. The molecule has 0 spiro atoms. The Hall–Kier alpha value is -2.38. The Kier molecular flexibility index (Phi) is 8.11. The van der Waals surface area contributed by atoms with Gasteiger partial charge in [-0.15, -0.1) is 0 Å². The van der Waals surface area contributed by atoms with Gasteiger partial charge in [0.25, 0.3) is 0 Å². The van der Waals surface area contributed by atoms with E-state index >= 15 is 0 Å². The normalized spacial score (nSPS) is 15.2. The Morgan fingerprint density at radius 1 is 1.27 bits per heavy atom. The Morgan fingerprint density at radius 2 is 2.00 bits per heavy atom. The molecular formula is C18H26F2N4O2. The number of alkyl halides is 2. The molecular weight excluding hydrogens is 342 g/mol. The first-order valence-corrected chi connectivity index (χ1v) is 8.85. The number of guanidine groups is 1. The average Bonchev–Trinajstić information content (AvgIpc) is 3.11. The van der Waals surface area contributed by atoms with Gasteiger partial charge < -0.3 is 20.7 Å². The lowest BCUT2D eigenvalue weighted by atomic mass is 10.2. The van der Waals surface area contributed by atoms with Gasteiger partial charge in [-0.3, -0.25) is 9.79 Å². The highest BCUT2D eigenvalue weighted by Crippen LogP contribution is 2.20. The molecule has 6 nitrogen and oxygen atoms in total. The van der Waals surface area contributed by atoms with E-state index in [2.05, 4.69) is 25.7 Å². The van der Waals surface area contributed by atoms with Crippen LogP contribution in [0.1, 0.15) is 37.7 Å². The third-order valence-electron chi connectivity index (χ3n) is 4.22. The molecule has 1 saturated carbocycles. The molecule has 1 aromatic rings. The topological polar surface area (TPSA) is 74.8 Å². The Morgan fingerprint density at radius 3 is 2.69 bits per heavy atom. The van der Waals surface area contributed by atoms with Gasteiger partial charge in [-0.2, -0.15) is 8.78 Å². The fourth-order valence-corrected chi connectivity index (χ4v) is 2.92. The van der Waals surface area contributed by atoms with Gasteiger partial charge in [-0.25, -0.2) is 0 Å². The van der Waals surface area contributed by atoms with Crippen molar-refractivity contribution < 1.29 is 18.3 Å². The van der Waals surface area contributed by atoms with Gasteiger partial charge >= 0.3 is 6.61 Å². The molecule has 1 fully saturated rings. The molecule has 0 saturated heterocycles. The highest BCUT2D eigenvalue weighted by atomic mass is 19.3. The third-order valence-corrected chi connectivity index (χ3v) is 4.22. The van der Waals surface area contributed by atoms with Crippen LogP contribution in [0.3, 0.4) is 0 Å². The number of rotatable bonds is 8. The molecule has 0 atom stereocenters. The van der Waals surface area contributed by atoms with Crippen LogP contribution >= 0.6 is 0 Å². The number of nitrogens with zero attached hydrogens (tertiary/aromatic N) is 1. The maximum atomic E-state index is 12.4. The van der Waals surface area contributed by atoms with Crippen LogP contribution in [-0.4, -0.2) is 38.1 Å². The van der Waals surface area contributed by atoms with E-state index in [-0.39, 0.29) is 18.2 Å². The number of benzene rings is 1. The minimum Gasteiger partial charge on any atom is -0.434 e. The second-order valence-electron chi connectivity index (χ2n) is 6.14. The molecule has 0 heterocycles. The summed E-state index contributed by atoms with van der Waals surface area (Å²) in [6.45, 7) is -2.16. The minimum atomic E-state index is -2.87. The van der Waals surface area contributed by atoms with Gasteiger partial charge in [-0.1, -0.05) is 31.0 Å². The van der Waals surface area contributed by atoms with Crippen molar-refractivity contribution in [3.8, 4) is 5.75 Å². The summed E-state index contributed by atoms with van der Waals surface area (Å²) in [4.78, 5) is 16.0. The number of hydrogen-bond acceptors (Lipinski definition) is 3. The summed E-state index contributed by atoms with van der Waals surface area (Å²) in [6, 6.07) is 6.89. The number of halogens is 2.